The summed E-state index contributed by atoms with van der Waals surface area (Å²) in [5.74, 6) is 0.0632. The highest BCUT2D eigenvalue weighted by Crippen LogP contribution is 2.28. The van der Waals surface area contributed by atoms with Gasteiger partial charge in [0.05, 0.1) is 12.7 Å². The second-order valence-corrected chi connectivity index (χ2v) is 3.20. The molecule has 0 spiro atoms. The van der Waals surface area contributed by atoms with E-state index >= 15 is 0 Å². The highest BCUT2D eigenvalue weighted by molar-refractivity contribution is 5.89. The molecule has 2 heterocycles. The molecule has 0 aliphatic carbocycles. The Morgan fingerprint density at radius 2 is 2.17 bits per heavy atom. The molecule has 66 valence electrons. The molecule has 2 saturated heterocycles. The first-order valence-corrected chi connectivity index (χ1v) is 3.98. The van der Waals surface area contributed by atoms with Gasteiger partial charge in [-0.05, 0) is 6.92 Å². The van der Waals surface area contributed by atoms with Gasteiger partial charge in [0.25, 0.3) is 0 Å². The van der Waals surface area contributed by atoms with Crippen molar-refractivity contribution in [3.63, 3.8) is 0 Å². The zero-order chi connectivity index (χ0) is 8.72. The van der Waals surface area contributed by atoms with Crippen LogP contribution in [0.4, 0.5) is 0 Å². The minimum Gasteiger partial charge on any atom is -0.365 e. The summed E-state index contributed by atoms with van der Waals surface area (Å²) in [5.41, 5.74) is 0. The van der Waals surface area contributed by atoms with Gasteiger partial charge in [0, 0.05) is 6.42 Å². The molecule has 0 amide bonds. The normalized spacial score (nSPS) is 37.6. The minimum absolute atomic E-state index is 0.00418. The third-order valence-electron chi connectivity index (χ3n) is 2.08. The lowest BCUT2D eigenvalue weighted by Crippen LogP contribution is -2.13. The highest BCUT2D eigenvalue weighted by Gasteiger charge is 2.46. The average molecular weight is 170 g/mol. The van der Waals surface area contributed by atoms with Gasteiger partial charge in [0.2, 0.25) is 0 Å². The smallest absolute Gasteiger partial charge is 0.166 e. The van der Waals surface area contributed by atoms with Crippen LogP contribution in [0.25, 0.3) is 0 Å². The van der Waals surface area contributed by atoms with Gasteiger partial charge in [-0.3, -0.25) is 9.59 Å². The van der Waals surface area contributed by atoms with E-state index < -0.39 is 0 Å². The molecule has 2 aliphatic rings. The summed E-state index contributed by atoms with van der Waals surface area (Å²) in [6.07, 6.45) is -0.372. The lowest BCUT2D eigenvalue weighted by molar-refractivity contribution is -0.120. The molecule has 0 aromatic heterocycles. The average Bonchev–Trinajstić information content (AvgIpc) is 2.83. The zero-order valence-corrected chi connectivity index (χ0v) is 6.78. The van der Waals surface area contributed by atoms with Gasteiger partial charge in [-0.25, -0.2) is 0 Å². The third kappa shape index (κ3) is 1.54. The van der Waals surface area contributed by atoms with Crippen LogP contribution in [-0.2, 0) is 19.1 Å². The number of rotatable bonds is 4. The molecule has 0 bridgehead atoms. The van der Waals surface area contributed by atoms with E-state index in [2.05, 4.69) is 0 Å². The fourth-order valence-corrected chi connectivity index (χ4v) is 1.22. The fraction of sp³-hybridized carbons (Fsp3) is 0.750. The van der Waals surface area contributed by atoms with Gasteiger partial charge in [-0.1, -0.05) is 0 Å². The maximum Gasteiger partial charge on any atom is 0.166 e. The SMILES string of the molecule is CC(=O)C1OC1CC(=O)C1CO1. The minimum atomic E-state index is -0.326. The van der Waals surface area contributed by atoms with Gasteiger partial charge in [0.15, 0.2) is 11.6 Å². The van der Waals surface area contributed by atoms with Gasteiger partial charge < -0.3 is 9.47 Å². The van der Waals surface area contributed by atoms with Crippen LogP contribution >= 0.6 is 0 Å². The number of ether oxygens (including phenoxy) is 2. The topological polar surface area (TPSA) is 59.2 Å². The summed E-state index contributed by atoms with van der Waals surface area (Å²) >= 11 is 0. The summed E-state index contributed by atoms with van der Waals surface area (Å²) in [4.78, 5) is 21.8. The number of ketones is 2. The largest absolute Gasteiger partial charge is 0.365 e. The number of epoxide rings is 2. The molecular weight excluding hydrogens is 160 g/mol. The van der Waals surface area contributed by atoms with Crippen molar-refractivity contribution in [1.29, 1.82) is 0 Å². The van der Waals surface area contributed by atoms with Crippen LogP contribution in [0.15, 0.2) is 0 Å². The van der Waals surface area contributed by atoms with Gasteiger partial charge in [-0.2, -0.15) is 0 Å². The van der Waals surface area contributed by atoms with E-state index in [1.807, 2.05) is 0 Å². The molecule has 0 N–H and O–H groups in total. The van der Waals surface area contributed by atoms with E-state index in [-0.39, 0.29) is 29.9 Å². The Kier molecular flexibility index (Phi) is 1.73. The van der Waals surface area contributed by atoms with Crippen molar-refractivity contribution >= 4 is 11.6 Å². The van der Waals surface area contributed by atoms with Crippen molar-refractivity contribution < 1.29 is 19.1 Å². The molecule has 3 atom stereocenters. The molecule has 0 radical (unpaired) electrons. The zero-order valence-electron chi connectivity index (χ0n) is 6.78. The number of Topliss-reactive ketones (excluding diaryl/α,β-unsaturated/α-hetero) is 2. The maximum atomic E-state index is 11.1. The molecule has 12 heavy (non-hydrogen) atoms. The van der Waals surface area contributed by atoms with Crippen molar-refractivity contribution in [3.8, 4) is 0 Å². The van der Waals surface area contributed by atoms with Crippen molar-refractivity contribution in [1.82, 2.24) is 0 Å². The summed E-state index contributed by atoms with van der Waals surface area (Å²) in [7, 11) is 0. The highest BCUT2D eigenvalue weighted by atomic mass is 16.6. The fourth-order valence-electron chi connectivity index (χ4n) is 1.22. The quantitative estimate of drug-likeness (QED) is 0.543. The first-order chi connectivity index (χ1) is 5.68. The lowest BCUT2D eigenvalue weighted by Gasteiger charge is -1.89. The lowest BCUT2D eigenvalue weighted by atomic mass is 10.1. The van der Waals surface area contributed by atoms with E-state index in [1.165, 1.54) is 6.92 Å². The van der Waals surface area contributed by atoms with Crippen LogP contribution in [0.5, 0.6) is 0 Å². The van der Waals surface area contributed by atoms with Crippen LogP contribution in [0.2, 0.25) is 0 Å². The van der Waals surface area contributed by atoms with Crippen LogP contribution in [0.3, 0.4) is 0 Å². The molecule has 0 saturated carbocycles. The van der Waals surface area contributed by atoms with E-state index in [0.29, 0.717) is 13.0 Å². The summed E-state index contributed by atoms with van der Waals surface area (Å²) < 4.78 is 9.81. The Labute approximate surface area is 69.8 Å². The molecule has 4 nitrogen and oxygen atoms in total. The molecule has 0 aromatic carbocycles. The van der Waals surface area contributed by atoms with Gasteiger partial charge in [0.1, 0.15) is 12.2 Å². The molecule has 2 fully saturated rings. The van der Waals surface area contributed by atoms with Crippen molar-refractivity contribution in [2.75, 3.05) is 6.61 Å². The van der Waals surface area contributed by atoms with Crippen molar-refractivity contribution in [3.05, 3.63) is 0 Å². The second kappa shape index (κ2) is 2.64. The predicted octanol–water partition coefficient (Wildman–Crippen LogP) is -0.299. The third-order valence-corrected chi connectivity index (χ3v) is 2.08. The Balaban J connectivity index is 1.75. The molecule has 2 rings (SSSR count). The molecule has 3 unspecified atom stereocenters. The van der Waals surface area contributed by atoms with Crippen LogP contribution in [0.1, 0.15) is 13.3 Å². The van der Waals surface area contributed by atoms with Gasteiger partial charge in [-0.15, -0.1) is 0 Å². The molecule has 4 heteroatoms. The first kappa shape index (κ1) is 7.89. The van der Waals surface area contributed by atoms with E-state index in [9.17, 15) is 9.59 Å². The predicted molar refractivity (Wildman–Crippen MR) is 38.7 cm³/mol. The summed E-state index contributed by atoms with van der Waals surface area (Å²) in [5, 5.41) is 0. The molecular formula is C8H10O4. The Morgan fingerprint density at radius 1 is 1.50 bits per heavy atom. The van der Waals surface area contributed by atoms with E-state index in [1.54, 1.807) is 0 Å². The van der Waals surface area contributed by atoms with Crippen LogP contribution < -0.4 is 0 Å². The Bertz CT molecular complexity index is 231. The number of hydrogen-bond acceptors (Lipinski definition) is 4. The Hall–Kier alpha value is -0.740. The van der Waals surface area contributed by atoms with Gasteiger partial charge >= 0.3 is 0 Å². The maximum absolute atomic E-state index is 11.1. The molecule has 2 aliphatic heterocycles. The standard InChI is InChI=1S/C8H10O4/c1-4(9)8-6(12-8)2-5(10)7-3-11-7/h6-8H,2-3H2,1H3. The van der Waals surface area contributed by atoms with E-state index in [4.69, 9.17) is 9.47 Å². The second-order valence-electron chi connectivity index (χ2n) is 3.20. The summed E-state index contributed by atoms with van der Waals surface area (Å²) in [6.45, 7) is 2.01. The van der Waals surface area contributed by atoms with Crippen molar-refractivity contribution in [2.45, 2.75) is 31.7 Å². The monoisotopic (exact) mass is 170 g/mol. The Morgan fingerprint density at radius 3 is 2.58 bits per heavy atom. The number of hydrogen-bond donors (Lipinski definition) is 0. The van der Waals surface area contributed by atoms with E-state index in [0.717, 1.165) is 0 Å². The van der Waals surface area contributed by atoms with Crippen molar-refractivity contribution in [2.24, 2.45) is 0 Å². The number of carbonyl (C=O) groups excluding carboxylic acids is 2. The summed E-state index contributed by atoms with van der Waals surface area (Å²) in [6, 6.07) is 0. The van der Waals surface area contributed by atoms with Crippen LogP contribution in [-0.4, -0.2) is 36.5 Å². The number of carbonyl (C=O) groups is 2. The van der Waals surface area contributed by atoms with Crippen LogP contribution in [0, 0.1) is 0 Å². The first-order valence-electron chi connectivity index (χ1n) is 3.98. The molecule has 0 aromatic rings.